The fourth-order valence-corrected chi connectivity index (χ4v) is 2.80. The molecule has 1 aliphatic rings. The summed E-state index contributed by atoms with van der Waals surface area (Å²) in [4.78, 5) is 23.5. The number of hydrogen-bond acceptors (Lipinski definition) is 2. The average molecular weight is 309 g/mol. The van der Waals surface area contributed by atoms with E-state index >= 15 is 0 Å². The van der Waals surface area contributed by atoms with Gasteiger partial charge in [0.25, 0.3) is 0 Å². The first-order valence-electron chi connectivity index (χ1n) is 7.28. The van der Waals surface area contributed by atoms with E-state index in [2.05, 4.69) is 5.32 Å². The van der Waals surface area contributed by atoms with Crippen LogP contribution in [-0.4, -0.2) is 28.7 Å². The number of hydrogen-bond donors (Lipinski definition) is 2. The minimum Gasteiger partial charge on any atom is -0.480 e. The molecule has 0 saturated heterocycles. The van der Waals surface area contributed by atoms with Gasteiger partial charge in [0.05, 0.1) is 5.92 Å². The van der Waals surface area contributed by atoms with Crippen LogP contribution in [0, 0.1) is 11.8 Å². The molecule has 0 heterocycles. The van der Waals surface area contributed by atoms with Crippen LogP contribution >= 0.6 is 0 Å². The van der Waals surface area contributed by atoms with Crippen LogP contribution in [0.1, 0.15) is 52.4 Å². The summed E-state index contributed by atoms with van der Waals surface area (Å²) in [5.74, 6) is -3.42. The summed E-state index contributed by atoms with van der Waals surface area (Å²) < 4.78 is 37.7. The summed E-state index contributed by atoms with van der Waals surface area (Å²) in [6.45, 7) is 3.33. The van der Waals surface area contributed by atoms with E-state index in [0.717, 1.165) is 0 Å². The van der Waals surface area contributed by atoms with Gasteiger partial charge >= 0.3 is 12.1 Å². The molecule has 4 nitrogen and oxygen atoms in total. The molecule has 1 saturated carbocycles. The van der Waals surface area contributed by atoms with Gasteiger partial charge in [0.15, 0.2) is 0 Å². The highest BCUT2D eigenvalue weighted by atomic mass is 19.4. The first-order valence-corrected chi connectivity index (χ1v) is 7.28. The Labute approximate surface area is 122 Å². The first-order chi connectivity index (χ1) is 9.66. The van der Waals surface area contributed by atoms with Crippen LogP contribution in [0.4, 0.5) is 13.2 Å². The number of alkyl halides is 3. The van der Waals surface area contributed by atoms with Gasteiger partial charge in [0, 0.05) is 5.92 Å². The zero-order valence-electron chi connectivity index (χ0n) is 12.3. The summed E-state index contributed by atoms with van der Waals surface area (Å²) in [7, 11) is 0. The molecule has 0 aromatic heterocycles. The van der Waals surface area contributed by atoms with Gasteiger partial charge in [0.1, 0.15) is 5.54 Å². The predicted octanol–water partition coefficient (Wildman–Crippen LogP) is 3.11. The second kappa shape index (κ2) is 6.66. The van der Waals surface area contributed by atoms with Crippen molar-refractivity contribution in [1.82, 2.24) is 5.32 Å². The van der Waals surface area contributed by atoms with Crippen LogP contribution in [0.5, 0.6) is 0 Å². The Kier molecular flexibility index (Phi) is 5.64. The number of halogens is 3. The molecular formula is C14H22F3NO3. The van der Waals surface area contributed by atoms with Crippen LogP contribution in [0.15, 0.2) is 0 Å². The second-order valence-electron chi connectivity index (χ2n) is 5.67. The van der Waals surface area contributed by atoms with Crippen LogP contribution in [0.25, 0.3) is 0 Å². The van der Waals surface area contributed by atoms with Gasteiger partial charge in [-0.3, -0.25) is 4.79 Å². The molecule has 0 aromatic rings. The molecule has 0 bridgehead atoms. The third kappa shape index (κ3) is 4.11. The third-order valence-electron chi connectivity index (χ3n) is 4.54. The maximum Gasteiger partial charge on any atom is 0.391 e. The standard InChI is InChI=1S/C14H22F3NO3/c1-3-13(4-2,12(20)21)18-11(19)9-5-7-10(8-6-9)14(15,16)17/h9-10H,3-8H2,1-2H3,(H,18,19)(H,20,21). The van der Waals surface area contributed by atoms with E-state index in [1.54, 1.807) is 13.8 Å². The van der Waals surface area contributed by atoms with Gasteiger partial charge in [-0.2, -0.15) is 13.2 Å². The van der Waals surface area contributed by atoms with E-state index in [-0.39, 0.29) is 38.5 Å². The number of carbonyl (C=O) groups is 2. The molecule has 2 N–H and O–H groups in total. The molecule has 1 aliphatic carbocycles. The monoisotopic (exact) mass is 309 g/mol. The third-order valence-corrected chi connectivity index (χ3v) is 4.54. The molecule has 0 aliphatic heterocycles. The lowest BCUT2D eigenvalue weighted by molar-refractivity contribution is -0.184. The van der Waals surface area contributed by atoms with Crippen molar-refractivity contribution in [1.29, 1.82) is 0 Å². The van der Waals surface area contributed by atoms with Gasteiger partial charge in [-0.1, -0.05) is 13.8 Å². The number of aliphatic carboxylic acids is 1. The minimum atomic E-state index is -4.21. The predicted molar refractivity (Wildman–Crippen MR) is 70.6 cm³/mol. The topological polar surface area (TPSA) is 66.4 Å². The second-order valence-corrected chi connectivity index (χ2v) is 5.67. The highest BCUT2D eigenvalue weighted by Crippen LogP contribution is 2.39. The Morgan fingerprint density at radius 1 is 1.10 bits per heavy atom. The van der Waals surface area contributed by atoms with Crippen molar-refractivity contribution in [2.24, 2.45) is 11.8 Å². The molecule has 0 radical (unpaired) electrons. The Balaban J connectivity index is 2.64. The van der Waals surface area contributed by atoms with Crippen molar-refractivity contribution < 1.29 is 27.9 Å². The van der Waals surface area contributed by atoms with E-state index < -0.39 is 35.4 Å². The summed E-state index contributed by atoms with van der Waals surface area (Å²) >= 11 is 0. The van der Waals surface area contributed by atoms with Crippen LogP contribution in [-0.2, 0) is 9.59 Å². The molecule has 122 valence electrons. The molecule has 7 heteroatoms. The summed E-state index contributed by atoms with van der Waals surface area (Å²) in [6, 6.07) is 0. The lowest BCUT2D eigenvalue weighted by Crippen LogP contribution is -2.55. The number of carbonyl (C=O) groups excluding carboxylic acids is 1. The van der Waals surface area contributed by atoms with Crippen LogP contribution in [0.3, 0.4) is 0 Å². The number of carboxylic acids is 1. The zero-order valence-corrected chi connectivity index (χ0v) is 12.3. The lowest BCUT2D eigenvalue weighted by Gasteiger charge is -2.33. The molecule has 0 atom stereocenters. The summed E-state index contributed by atoms with van der Waals surface area (Å²) in [6.07, 6.45) is -3.57. The van der Waals surface area contributed by atoms with Gasteiger partial charge in [-0.15, -0.1) is 0 Å². The fraction of sp³-hybridized carbons (Fsp3) is 0.857. The zero-order chi connectivity index (χ0) is 16.3. The van der Waals surface area contributed by atoms with Crippen molar-refractivity contribution >= 4 is 11.9 Å². The van der Waals surface area contributed by atoms with Gasteiger partial charge < -0.3 is 10.4 Å². The number of amides is 1. The highest BCUT2D eigenvalue weighted by Gasteiger charge is 2.44. The van der Waals surface area contributed by atoms with E-state index in [0.29, 0.717) is 0 Å². The Morgan fingerprint density at radius 2 is 1.57 bits per heavy atom. The number of rotatable bonds is 5. The van der Waals surface area contributed by atoms with Gasteiger partial charge in [0.2, 0.25) is 5.91 Å². The molecule has 1 fully saturated rings. The quantitative estimate of drug-likeness (QED) is 0.820. The number of nitrogens with one attached hydrogen (secondary N) is 1. The summed E-state index contributed by atoms with van der Waals surface area (Å²) in [5.41, 5.74) is -1.32. The molecular weight excluding hydrogens is 287 g/mol. The van der Waals surface area contributed by atoms with E-state index in [9.17, 15) is 27.9 Å². The van der Waals surface area contributed by atoms with Crippen molar-refractivity contribution in [3.05, 3.63) is 0 Å². The number of carboxylic acid groups (broad SMARTS) is 1. The maximum atomic E-state index is 12.6. The molecule has 0 aromatic carbocycles. The van der Waals surface area contributed by atoms with Crippen molar-refractivity contribution in [3.8, 4) is 0 Å². The fourth-order valence-electron chi connectivity index (χ4n) is 2.80. The SMILES string of the molecule is CCC(CC)(NC(=O)C1CCC(C(F)(F)F)CC1)C(=O)O. The normalized spacial score (nSPS) is 23.7. The minimum absolute atomic E-state index is 0.0695. The Bertz CT molecular complexity index is 383. The summed E-state index contributed by atoms with van der Waals surface area (Å²) in [5, 5.41) is 11.8. The maximum absolute atomic E-state index is 12.6. The van der Waals surface area contributed by atoms with Crippen LogP contribution in [0.2, 0.25) is 0 Å². The molecule has 1 rings (SSSR count). The van der Waals surface area contributed by atoms with Gasteiger partial charge in [-0.05, 0) is 38.5 Å². The van der Waals surface area contributed by atoms with E-state index in [4.69, 9.17) is 0 Å². The molecule has 1 amide bonds. The van der Waals surface area contributed by atoms with Crippen LogP contribution < -0.4 is 5.32 Å². The Morgan fingerprint density at radius 3 is 1.90 bits per heavy atom. The smallest absolute Gasteiger partial charge is 0.391 e. The van der Waals surface area contributed by atoms with Crippen molar-refractivity contribution in [2.45, 2.75) is 64.1 Å². The first kappa shape index (κ1) is 17.8. The Hall–Kier alpha value is -1.27. The van der Waals surface area contributed by atoms with E-state index in [1.165, 1.54) is 0 Å². The highest BCUT2D eigenvalue weighted by molar-refractivity contribution is 5.88. The molecule has 0 unspecified atom stereocenters. The lowest BCUT2D eigenvalue weighted by atomic mass is 9.80. The largest absolute Gasteiger partial charge is 0.480 e. The van der Waals surface area contributed by atoms with Gasteiger partial charge in [-0.25, -0.2) is 4.79 Å². The van der Waals surface area contributed by atoms with Crippen molar-refractivity contribution in [3.63, 3.8) is 0 Å². The average Bonchev–Trinajstić information content (AvgIpc) is 2.43. The van der Waals surface area contributed by atoms with E-state index in [1.807, 2.05) is 0 Å². The molecule has 21 heavy (non-hydrogen) atoms. The van der Waals surface area contributed by atoms with Crippen molar-refractivity contribution in [2.75, 3.05) is 0 Å². The molecule has 0 spiro atoms.